The van der Waals surface area contributed by atoms with Crippen LogP contribution < -0.4 is 5.32 Å². The molecule has 0 amide bonds. The summed E-state index contributed by atoms with van der Waals surface area (Å²) in [4.78, 5) is 0. The van der Waals surface area contributed by atoms with Crippen LogP contribution >= 0.6 is 15.9 Å². The number of hydrogen-bond donors (Lipinski definition) is 1. The monoisotopic (exact) mass is 299 g/mol. The molecule has 1 nitrogen and oxygen atoms in total. The molecule has 0 bridgehead atoms. The largest absolute Gasteiger partial charge is 0.314 e. The van der Waals surface area contributed by atoms with Gasteiger partial charge in [0.2, 0.25) is 0 Å². The Labute approximate surface area is 111 Å². The van der Waals surface area contributed by atoms with Crippen LogP contribution in [0.3, 0.4) is 0 Å². The molecule has 1 N–H and O–H groups in total. The topological polar surface area (TPSA) is 12.0 Å². The minimum Gasteiger partial charge on any atom is -0.314 e. The van der Waals surface area contributed by atoms with E-state index < -0.39 is 0 Å². The predicted octanol–water partition coefficient (Wildman–Crippen LogP) is 3.91. The molecule has 1 saturated carbocycles. The Morgan fingerprint density at radius 3 is 2.76 bits per heavy atom. The van der Waals surface area contributed by atoms with Gasteiger partial charge in [0.1, 0.15) is 5.82 Å². The van der Waals surface area contributed by atoms with Crippen LogP contribution in [0.5, 0.6) is 0 Å². The third kappa shape index (κ3) is 2.71. The maximum absolute atomic E-state index is 13.5. The predicted molar refractivity (Wildman–Crippen MR) is 72.6 cm³/mol. The minimum atomic E-state index is -0.158. The molecule has 0 spiro atoms. The van der Waals surface area contributed by atoms with Gasteiger partial charge in [-0.2, -0.15) is 0 Å². The molecular weight excluding hydrogens is 281 g/mol. The zero-order chi connectivity index (χ0) is 12.5. The molecule has 1 aliphatic carbocycles. The zero-order valence-corrected chi connectivity index (χ0v) is 12.0. The summed E-state index contributed by atoms with van der Waals surface area (Å²) in [5.41, 5.74) is 1.43. The van der Waals surface area contributed by atoms with Gasteiger partial charge in [-0.05, 0) is 65.7 Å². The molecule has 0 heterocycles. The van der Waals surface area contributed by atoms with Crippen LogP contribution in [0.15, 0.2) is 22.7 Å². The fraction of sp³-hybridized carbons (Fsp3) is 0.571. The summed E-state index contributed by atoms with van der Waals surface area (Å²) in [6.45, 7) is 5.36. The molecule has 3 heteroatoms. The van der Waals surface area contributed by atoms with E-state index in [0.717, 1.165) is 18.5 Å². The van der Waals surface area contributed by atoms with Gasteiger partial charge in [0.15, 0.2) is 0 Å². The maximum Gasteiger partial charge on any atom is 0.137 e. The Morgan fingerprint density at radius 1 is 1.47 bits per heavy atom. The average molecular weight is 300 g/mol. The highest BCUT2D eigenvalue weighted by atomic mass is 79.9. The first-order chi connectivity index (χ1) is 8.09. The molecule has 1 aliphatic rings. The van der Waals surface area contributed by atoms with Gasteiger partial charge in [-0.1, -0.05) is 19.1 Å². The second-order valence-electron chi connectivity index (χ2n) is 5.03. The van der Waals surface area contributed by atoms with Crippen molar-refractivity contribution in [2.45, 2.75) is 39.2 Å². The molecule has 94 valence electrons. The molecule has 1 atom stereocenters. The van der Waals surface area contributed by atoms with E-state index in [0.29, 0.717) is 15.9 Å². The number of benzene rings is 1. The third-order valence-corrected chi connectivity index (χ3v) is 4.78. The van der Waals surface area contributed by atoms with Gasteiger partial charge in [-0.3, -0.25) is 0 Å². The van der Waals surface area contributed by atoms with Crippen LogP contribution in [0, 0.1) is 11.2 Å². The SMILES string of the molecule is CCNC(C)C1(Cc2cccc(F)c2Br)CC1. The van der Waals surface area contributed by atoms with Gasteiger partial charge < -0.3 is 5.32 Å². The van der Waals surface area contributed by atoms with Gasteiger partial charge >= 0.3 is 0 Å². The van der Waals surface area contributed by atoms with Crippen LogP contribution in [-0.4, -0.2) is 12.6 Å². The summed E-state index contributed by atoms with van der Waals surface area (Å²) >= 11 is 3.35. The lowest BCUT2D eigenvalue weighted by Crippen LogP contribution is -2.36. The zero-order valence-electron chi connectivity index (χ0n) is 10.4. The summed E-state index contributed by atoms with van der Waals surface area (Å²) in [6.07, 6.45) is 3.44. The normalized spacial score (nSPS) is 19.1. The van der Waals surface area contributed by atoms with Gasteiger partial charge in [0.05, 0.1) is 4.47 Å². The second kappa shape index (κ2) is 5.07. The van der Waals surface area contributed by atoms with Crippen LogP contribution in [0.1, 0.15) is 32.3 Å². The van der Waals surface area contributed by atoms with Crippen molar-refractivity contribution < 1.29 is 4.39 Å². The van der Waals surface area contributed by atoms with Gasteiger partial charge in [0, 0.05) is 6.04 Å². The molecule has 1 fully saturated rings. The van der Waals surface area contributed by atoms with Crippen LogP contribution in [0.4, 0.5) is 4.39 Å². The van der Waals surface area contributed by atoms with Gasteiger partial charge in [0.25, 0.3) is 0 Å². The molecule has 2 rings (SSSR count). The first kappa shape index (κ1) is 13.0. The minimum absolute atomic E-state index is 0.158. The third-order valence-electron chi connectivity index (χ3n) is 3.90. The van der Waals surface area contributed by atoms with E-state index in [1.807, 2.05) is 6.07 Å². The van der Waals surface area contributed by atoms with Crippen molar-refractivity contribution in [1.29, 1.82) is 0 Å². The van der Waals surface area contributed by atoms with Crippen LogP contribution in [0.25, 0.3) is 0 Å². The van der Waals surface area contributed by atoms with E-state index in [1.54, 1.807) is 6.07 Å². The summed E-state index contributed by atoms with van der Waals surface area (Å²) in [5.74, 6) is -0.158. The first-order valence-corrected chi connectivity index (χ1v) is 7.04. The van der Waals surface area contributed by atoms with Crippen LogP contribution in [0.2, 0.25) is 0 Å². The smallest absolute Gasteiger partial charge is 0.137 e. The Balaban J connectivity index is 2.13. The Bertz CT molecular complexity index is 401. The fourth-order valence-electron chi connectivity index (χ4n) is 2.51. The van der Waals surface area contributed by atoms with E-state index in [1.165, 1.54) is 18.9 Å². The first-order valence-electron chi connectivity index (χ1n) is 6.25. The maximum atomic E-state index is 13.5. The molecule has 17 heavy (non-hydrogen) atoms. The summed E-state index contributed by atoms with van der Waals surface area (Å²) in [6, 6.07) is 5.82. The van der Waals surface area contributed by atoms with Crippen molar-refractivity contribution in [1.82, 2.24) is 5.32 Å². The van der Waals surface area contributed by atoms with Crippen molar-refractivity contribution in [3.8, 4) is 0 Å². The number of rotatable bonds is 5. The van der Waals surface area contributed by atoms with Crippen molar-refractivity contribution in [2.75, 3.05) is 6.54 Å². The molecule has 1 aromatic carbocycles. The molecule has 0 aromatic heterocycles. The molecule has 0 radical (unpaired) electrons. The molecular formula is C14H19BrFN. The Morgan fingerprint density at radius 2 is 2.18 bits per heavy atom. The molecule has 0 aliphatic heterocycles. The number of halogens is 2. The number of nitrogens with one attached hydrogen (secondary N) is 1. The van der Waals surface area contributed by atoms with E-state index in [-0.39, 0.29) is 5.82 Å². The lowest BCUT2D eigenvalue weighted by molar-refractivity contribution is 0.354. The average Bonchev–Trinajstić information content (AvgIpc) is 3.06. The van der Waals surface area contributed by atoms with Gasteiger partial charge in [-0.15, -0.1) is 0 Å². The van der Waals surface area contributed by atoms with Crippen LogP contribution in [-0.2, 0) is 6.42 Å². The highest BCUT2D eigenvalue weighted by Gasteiger charge is 2.47. The van der Waals surface area contributed by atoms with Crippen molar-refractivity contribution >= 4 is 15.9 Å². The summed E-state index contributed by atoms with van der Waals surface area (Å²) in [7, 11) is 0. The van der Waals surface area contributed by atoms with E-state index in [2.05, 4.69) is 35.1 Å². The standard InChI is InChI=1S/C14H19BrFN/c1-3-17-10(2)14(7-8-14)9-11-5-4-6-12(16)13(11)15/h4-6,10,17H,3,7-9H2,1-2H3. The molecule has 1 unspecified atom stereocenters. The van der Waals surface area contributed by atoms with E-state index >= 15 is 0 Å². The highest BCUT2D eigenvalue weighted by Crippen LogP contribution is 2.52. The lowest BCUT2D eigenvalue weighted by Gasteiger charge is -2.24. The highest BCUT2D eigenvalue weighted by molar-refractivity contribution is 9.10. The van der Waals surface area contributed by atoms with Crippen molar-refractivity contribution in [2.24, 2.45) is 5.41 Å². The summed E-state index contributed by atoms with van der Waals surface area (Å²) < 4.78 is 14.1. The summed E-state index contributed by atoms with van der Waals surface area (Å²) in [5, 5.41) is 3.49. The van der Waals surface area contributed by atoms with Crippen molar-refractivity contribution in [3.05, 3.63) is 34.1 Å². The molecule has 1 aromatic rings. The Hall–Kier alpha value is -0.410. The van der Waals surface area contributed by atoms with Gasteiger partial charge in [-0.25, -0.2) is 4.39 Å². The second-order valence-corrected chi connectivity index (χ2v) is 5.82. The van der Waals surface area contributed by atoms with E-state index in [9.17, 15) is 4.39 Å². The van der Waals surface area contributed by atoms with E-state index in [4.69, 9.17) is 0 Å². The quantitative estimate of drug-likeness (QED) is 0.869. The lowest BCUT2D eigenvalue weighted by atomic mass is 9.90. The molecule has 0 saturated heterocycles. The fourth-order valence-corrected chi connectivity index (χ4v) is 2.91. The number of hydrogen-bond acceptors (Lipinski definition) is 1. The Kier molecular flexibility index (Phi) is 3.88. The van der Waals surface area contributed by atoms with Crippen molar-refractivity contribution in [3.63, 3.8) is 0 Å².